The number of aliphatic hydroxyl groups excluding tert-OH is 3. The van der Waals surface area contributed by atoms with Gasteiger partial charge in [0.2, 0.25) is 0 Å². The summed E-state index contributed by atoms with van der Waals surface area (Å²) in [6.07, 6.45) is 5.77. The molecule has 0 heterocycles. The van der Waals surface area contributed by atoms with Gasteiger partial charge in [0.1, 0.15) is 0 Å². The van der Waals surface area contributed by atoms with E-state index in [1.54, 1.807) is 6.92 Å². The summed E-state index contributed by atoms with van der Waals surface area (Å²) in [4.78, 5) is 0. The first-order valence-corrected chi connectivity index (χ1v) is 10.4. The normalized spacial score (nSPS) is 59.6. The van der Waals surface area contributed by atoms with Crippen molar-refractivity contribution in [1.29, 1.82) is 0 Å². The zero-order valence-corrected chi connectivity index (χ0v) is 16.0. The van der Waals surface area contributed by atoms with Crippen molar-refractivity contribution < 1.29 is 20.4 Å². The second-order valence-electron chi connectivity index (χ2n) is 10.3. The summed E-state index contributed by atoms with van der Waals surface area (Å²) in [5.41, 5.74) is -1.13. The summed E-state index contributed by atoms with van der Waals surface area (Å²) in [5.74, 6) is 1.39. The minimum atomic E-state index is -1.02. The number of aliphatic hydroxyl groups is 4. The molecule has 144 valence electrons. The lowest BCUT2D eigenvalue weighted by Gasteiger charge is -2.63. The highest BCUT2D eigenvalue weighted by Gasteiger charge is 2.67. The Morgan fingerprint density at radius 3 is 2.28 bits per heavy atom. The van der Waals surface area contributed by atoms with E-state index in [0.29, 0.717) is 18.3 Å². The largest absolute Gasteiger partial charge is 0.393 e. The molecule has 0 aromatic heterocycles. The third kappa shape index (κ3) is 2.27. The Morgan fingerprint density at radius 2 is 1.60 bits per heavy atom. The van der Waals surface area contributed by atoms with Gasteiger partial charge in [-0.05, 0) is 87.4 Å². The summed E-state index contributed by atoms with van der Waals surface area (Å²) in [6.45, 7) is 6.27. The van der Waals surface area contributed by atoms with E-state index < -0.39 is 11.7 Å². The van der Waals surface area contributed by atoms with Crippen LogP contribution in [0.5, 0.6) is 0 Å². The van der Waals surface area contributed by atoms with E-state index in [-0.39, 0.29) is 34.9 Å². The number of hydrogen-bond donors (Lipinski definition) is 4. The maximum atomic E-state index is 11.3. The summed E-state index contributed by atoms with van der Waals surface area (Å²) in [7, 11) is 0. The van der Waals surface area contributed by atoms with Crippen LogP contribution in [-0.4, -0.2) is 44.3 Å². The molecule has 0 radical (unpaired) electrons. The van der Waals surface area contributed by atoms with Crippen molar-refractivity contribution in [2.75, 3.05) is 0 Å². The molecule has 4 rings (SSSR count). The highest BCUT2D eigenvalue weighted by Crippen LogP contribution is 2.68. The average molecular weight is 353 g/mol. The quantitative estimate of drug-likeness (QED) is 0.584. The highest BCUT2D eigenvalue weighted by molar-refractivity contribution is 5.16. The standard InChI is InChI=1S/C21H36O4/c1-12(22)21(25)9-6-16-18-15(5-8-20(16,21)3)19(2)7-4-14(23)10-13(19)11-17(18)24/h12-18,22-25H,4-11H2,1-3H3/t12-,13-,14+,15+,16+,17-,18-,19+,20+,21+/m1/s1. The van der Waals surface area contributed by atoms with Gasteiger partial charge >= 0.3 is 0 Å². The van der Waals surface area contributed by atoms with Crippen LogP contribution in [0.1, 0.15) is 72.1 Å². The maximum Gasteiger partial charge on any atom is 0.0958 e. The molecule has 0 amide bonds. The van der Waals surface area contributed by atoms with E-state index in [1.165, 1.54) is 0 Å². The van der Waals surface area contributed by atoms with Gasteiger partial charge in [0.25, 0.3) is 0 Å². The Hall–Kier alpha value is -0.160. The minimum Gasteiger partial charge on any atom is -0.393 e. The van der Waals surface area contributed by atoms with Crippen molar-refractivity contribution in [1.82, 2.24) is 0 Å². The Labute approximate surface area is 151 Å². The molecule has 4 saturated carbocycles. The Balaban J connectivity index is 1.68. The molecule has 25 heavy (non-hydrogen) atoms. The molecule has 4 nitrogen and oxygen atoms in total. The molecule has 4 fully saturated rings. The van der Waals surface area contributed by atoms with Gasteiger partial charge in [0.15, 0.2) is 0 Å². The second kappa shape index (κ2) is 5.67. The number of rotatable bonds is 1. The third-order valence-electron chi connectivity index (χ3n) is 9.56. The van der Waals surface area contributed by atoms with Crippen LogP contribution in [-0.2, 0) is 0 Å². The van der Waals surface area contributed by atoms with E-state index in [1.807, 2.05) is 0 Å². The Bertz CT molecular complexity index is 536. The van der Waals surface area contributed by atoms with E-state index in [4.69, 9.17) is 0 Å². The third-order valence-corrected chi connectivity index (χ3v) is 9.56. The molecular weight excluding hydrogens is 316 g/mol. The summed E-state index contributed by atoms with van der Waals surface area (Å²) in [5, 5.41) is 42.8. The number of fused-ring (bicyclic) bond motifs is 5. The van der Waals surface area contributed by atoms with Crippen LogP contribution in [0, 0.1) is 34.5 Å². The molecule has 4 N–H and O–H groups in total. The van der Waals surface area contributed by atoms with Crippen molar-refractivity contribution >= 4 is 0 Å². The average Bonchev–Trinajstić information content (AvgIpc) is 2.82. The van der Waals surface area contributed by atoms with Crippen LogP contribution in [0.3, 0.4) is 0 Å². The van der Waals surface area contributed by atoms with Crippen LogP contribution in [0.2, 0.25) is 0 Å². The van der Waals surface area contributed by atoms with Crippen molar-refractivity contribution in [2.45, 2.75) is 96.1 Å². The molecule has 0 saturated heterocycles. The van der Waals surface area contributed by atoms with Gasteiger partial charge < -0.3 is 20.4 Å². The zero-order chi connectivity index (χ0) is 18.2. The molecule has 0 aliphatic heterocycles. The van der Waals surface area contributed by atoms with Gasteiger partial charge in [-0.1, -0.05) is 13.8 Å². The van der Waals surface area contributed by atoms with Gasteiger partial charge in [-0.3, -0.25) is 0 Å². The first kappa shape index (κ1) is 18.2. The van der Waals surface area contributed by atoms with Gasteiger partial charge in [0, 0.05) is 5.41 Å². The summed E-state index contributed by atoms with van der Waals surface area (Å²) in [6, 6.07) is 0. The van der Waals surface area contributed by atoms with Crippen molar-refractivity contribution in [3.8, 4) is 0 Å². The molecule has 4 aliphatic carbocycles. The summed E-state index contributed by atoms with van der Waals surface area (Å²) >= 11 is 0. The molecule has 4 aliphatic rings. The lowest BCUT2D eigenvalue weighted by atomic mass is 9.43. The van der Waals surface area contributed by atoms with E-state index in [0.717, 1.165) is 44.9 Å². The van der Waals surface area contributed by atoms with Gasteiger partial charge in [-0.15, -0.1) is 0 Å². The molecule has 0 spiro atoms. The SMILES string of the molecule is C[C@@H](O)[C@@]1(O)CC[C@H]2[C@@H]3[C@H](O)C[C@H]4C[C@@H](O)CC[C@]4(C)[C@H]3CC[C@@]21C. The minimum absolute atomic E-state index is 0.204. The van der Waals surface area contributed by atoms with Gasteiger partial charge in [-0.2, -0.15) is 0 Å². The molecule has 0 aromatic rings. The molecular formula is C21H36O4. The summed E-state index contributed by atoms with van der Waals surface area (Å²) < 4.78 is 0. The first-order chi connectivity index (χ1) is 11.6. The Morgan fingerprint density at radius 1 is 0.920 bits per heavy atom. The van der Waals surface area contributed by atoms with Gasteiger partial charge in [0.05, 0.1) is 23.9 Å². The fourth-order valence-corrected chi connectivity index (χ4v) is 7.94. The molecule has 0 bridgehead atoms. The van der Waals surface area contributed by atoms with Crippen LogP contribution in [0.4, 0.5) is 0 Å². The molecule has 0 aromatic carbocycles. The topological polar surface area (TPSA) is 80.9 Å². The van der Waals surface area contributed by atoms with Crippen LogP contribution in [0.25, 0.3) is 0 Å². The van der Waals surface area contributed by atoms with Crippen LogP contribution < -0.4 is 0 Å². The molecule has 10 atom stereocenters. The number of hydrogen-bond acceptors (Lipinski definition) is 4. The predicted octanol–water partition coefficient (Wildman–Crippen LogP) is 2.47. The van der Waals surface area contributed by atoms with Crippen molar-refractivity contribution in [3.05, 3.63) is 0 Å². The maximum absolute atomic E-state index is 11.3. The van der Waals surface area contributed by atoms with Crippen molar-refractivity contribution in [3.63, 3.8) is 0 Å². The predicted molar refractivity (Wildman–Crippen MR) is 95.8 cm³/mol. The lowest BCUT2D eigenvalue weighted by Crippen LogP contribution is -2.62. The zero-order valence-electron chi connectivity index (χ0n) is 16.0. The van der Waals surface area contributed by atoms with E-state index >= 15 is 0 Å². The first-order valence-electron chi connectivity index (χ1n) is 10.4. The highest BCUT2D eigenvalue weighted by atomic mass is 16.3. The molecule has 0 unspecified atom stereocenters. The molecule has 4 heteroatoms. The van der Waals surface area contributed by atoms with E-state index in [2.05, 4.69) is 13.8 Å². The fraction of sp³-hybridized carbons (Fsp3) is 1.00. The van der Waals surface area contributed by atoms with E-state index in [9.17, 15) is 20.4 Å². The Kier molecular flexibility index (Phi) is 4.13. The second-order valence-corrected chi connectivity index (χ2v) is 10.3. The van der Waals surface area contributed by atoms with Gasteiger partial charge in [-0.25, -0.2) is 0 Å². The van der Waals surface area contributed by atoms with Crippen LogP contribution in [0.15, 0.2) is 0 Å². The van der Waals surface area contributed by atoms with Crippen LogP contribution >= 0.6 is 0 Å². The van der Waals surface area contributed by atoms with Crippen molar-refractivity contribution in [2.24, 2.45) is 34.5 Å². The fourth-order valence-electron chi connectivity index (χ4n) is 7.94. The lowest BCUT2D eigenvalue weighted by molar-refractivity contribution is -0.208. The smallest absolute Gasteiger partial charge is 0.0958 e. The monoisotopic (exact) mass is 352 g/mol.